The molecule has 0 aliphatic carbocycles. The molecule has 120 valence electrons. The molecule has 1 heterocycles. The molecule has 0 saturated carbocycles. The van der Waals surface area contributed by atoms with Crippen molar-refractivity contribution in [3.63, 3.8) is 0 Å². The number of hydrogen-bond acceptors (Lipinski definition) is 3. The monoisotopic (exact) mass is 309 g/mol. The first-order chi connectivity index (χ1) is 11.2. The molecule has 3 aromatic rings. The van der Waals surface area contributed by atoms with Crippen LogP contribution < -0.4 is 10.5 Å². The van der Waals surface area contributed by atoms with E-state index in [0.717, 1.165) is 29.0 Å². The van der Waals surface area contributed by atoms with Gasteiger partial charge in [0, 0.05) is 19.5 Å². The predicted octanol–water partition coefficient (Wildman–Crippen LogP) is 3.26. The van der Waals surface area contributed by atoms with Crippen molar-refractivity contribution >= 4 is 11.0 Å². The molecule has 0 saturated heterocycles. The Morgan fingerprint density at radius 3 is 2.74 bits per heavy atom. The summed E-state index contributed by atoms with van der Waals surface area (Å²) < 4.78 is 7.74. The normalized spacial score (nSPS) is 12.5. The van der Waals surface area contributed by atoms with E-state index < -0.39 is 0 Å². The van der Waals surface area contributed by atoms with Crippen molar-refractivity contribution in [2.24, 2.45) is 12.8 Å². The predicted molar refractivity (Wildman–Crippen MR) is 93.8 cm³/mol. The zero-order valence-corrected chi connectivity index (χ0v) is 13.7. The fourth-order valence-electron chi connectivity index (χ4n) is 3.02. The van der Waals surface area contributed by atoms with Crippen LogP contribution in [-0.2, 0) is 13.5 Å². The van der Waals surface area contributed by atoms with Crippen LogP contribution in [0.3, 0.4) is 0 Å². The third-order valence-corrected chi connectivity index (χ3v) is 4.16. The Kier molecular flexibility index (Phi) is 4.63. The molecule has 0 aliphatic heterocycles. The second kappa shape index (κ2) is 6.84. The summed E-state index contributed by atoms with van der Waals surface area (Å²) in [5, 5.41) is 0. The van der Waals surface area contributed by atoms with Crippen LogP contribution in [0.4, 0.5) is 0 Å². The highest BCUT2D eigenvalue weighted by atomic mass is 16.5. The lowest BCUT2D eigenvalue weighted by atomic mass is 9.98. The highest BCUT2D eigenvalue weighted by molar-refractivity contribution is 5.75. The summed E-state index contributed by atoms with van der Waals surface area (Å²) in [6.45, 7) is 3.24. The Bertz CT molecular complexity index is 794. The number of aryl methyl sites for hydroxylation is 1. The molecule has 1 unspecified atom stereocenters. The van der Waals surface area contributed by atoms with Crippen LogP contribution in [0.25, 0.3) is 11.0 Å². The van der Waals surface area contributed by atoms with E-state index in [1.165, 1.54) is 5.56 Å². The van der Waals surface area contributed by atoms with E-state index >= 15 is 0 Å². The van der Waals surface area contributed by atoms with Crippen molar-refractivity contribution in [2.45, 2.75) is 19.3 Å². The number of benzene rings is 2. The maximum Gasteiger partial charge on any atom is 0.119 e. The molecule has 0 amide bonds. The highest BCUT2D eigenvalue weighted by Gasteiger charge is 2.18. The lowest BCUT2D eigenvalue weighted by molar-refractivity contribution is 0.340. The molecular formula is C19H23N3O. The lowest BCUT2D eigenvalue weighted by Crippen LogP contribution is -2.18. The van der Waals surface area contributed by atoms with Crippen LogP contribution in [0.1, 0.15) is 24.2 Å². The van der Waals surface area contributed by atoms with Crippen molar-refractivity contribution in [2.75, 3.05) is 13.2 Å². The lowest BCUT2D eigenvalue weighted by Gasteiger charge is -2.15. The maximum atomic E-state index is 6.06. The molecule has 1 atom stereocenters. The molecule has 1 aromatic heterocycles. The molecule has 2 aromatic carbocycles. The summed E-state index contributed by atoms with van der Waals surface area (Å²) >= 11 is 0. The number of imidazole rings is 1. The van der Waals surface area contributed by atoms with Gasteiger partial charge < -0.3 is 15.0 Å². The second-order valence-corrected chi connectivity index (χ2v) is 5.73. The second-order valence-electron chi connectivity index (χ2n) is 5.73. The van der Waals surface area contributed by atoms with Gasteiger partial charge in [0.1, 0.15) is 11.6 Å². The summed E-state index contributed by atoms with van der Waals surface area (Å²) in [5.41, 5.74) is 9.44. The number of nitrogens with zero attached hydrogens (tertiary/aromatic N) is 2. The summed E-state index contributed by atoms with van der Waals surface area (Å²) in [5.74, 6) is 2.13. The van der Waals surface area contributed by atoms with Crippen LogP contribution in [0.15, 0.2) is 48.5 Å². The van der Waals surface area contributed by atoms with E-state index in [0.29, 0.717) is 13.2 Å². The number of nitrogens with two attached hydrogens (primary N) is 1. The zero-order valence-electron chi connectivity index (χ0n) is 13.7. The summed E-state index contributed by atoms with van der Waals surface area (Å²) in [4.78, 5) is 4.79. The minimum absolute atomic E-state index is 0.185. The van der Waals surface area contributed by atoms with Crippen molar-refractivity contribution in [1.29, 1.82) is 0 Å². The highest BCUT2D eigenvalue weighted by Crippen LogP contribution is 2.25. The van der Waals surface area contributed by atoms with Crippen molar-refractivity contribution in [1.82, 2.24) is 9.55 Å². The quantitative estimate of drug-likeness (QED) is 0.760. The number of aromatic nitrogens is 2. The van der Waals surface area contributed by atoms with Gasteiger partial charge in [0.2, 0.25) is 0 Å². The number of para-hydroxylation sites is 2. The summed E-state index contributed by atoms with van der Waals surface area (Å²) in [6.07, 6.45) is 0.856. The van der Waals surface area contributed by atoms with E-state index in [1.54, 1.807) is 0 Å². The largest absolute Gasteiger partial charge is 0.494 e. The topological polar surface area (TPSA) is 53.1 Å². The van der Waals surface area contributed by atoms with Gasteiger partial charge in [0.05, 0.1) is 17.6 Å². The fourth-order valence-corrected chi connectivity index (χ4v) is 3.02. The fraction of sp³-hybridized carbons (Fsp3) is 0.316. The minimum Gasteiger partial charge on any atom is -0.494 e. The van der Waals surface area contributed by atoms with Crippen LogP contribution >= 0.6 is 0 Å². The molecule has 23 heavy (non-hydrogen) atoms. The smallest absolute Gasteiger partial charge is 0.119 e. The Hall–Kier alpha value is -2.33. The average Bonchev–Trinajstić information content (AvgIpc) is 2.91. The van der Waals surface area contributed by atoms with Gasteiger partial charge in [-0.15, -0.1) is 0 Å². The van der Waals surface area contributed by atoms with Gasteiger partial charge in [0.15, 0.2) is 0 Å². The van der Waals surface area contributed by atoms with Crippen molar-refractivity contribution < 1.29 is 4.74 Å². The maximum absolute atomic E-state index is 6.06. The van der Waals surface area contributed by atoms with Gasteiger partial charge in [-0.1, -0.05) is 24.3 Å². The Labute approximate surface area is 136 Å². The van der Waals surface area contributed by atoms with Crippen LogP contribution in [0.2, 0.25) is 0 Å². The van der Waals surface area contributed by atoms with Crippen molar-refractivity contribution in [3.05, 3.63) is 59.9 Å². The Morgan fingerprint density at radius 1 is 1.17 bits per heavy atom. The number of rotatable bonds is 6. The van der Waals surface area contributed by atoms with Gasteiger partial charge in [-0.3, -0.25) is 0 Å². The molecule has 0 spiro atoms. The van der Waals surface area contributed by atoms with Gasteiger partial charge >= 0.3 is 0 Å². The molecule has 0 aliphatic rings. The Morgan fingerprint density at radius 2 is 2.00 bits per heavy atom. The van der Waals surface area contributed by atoms with Crippen LogP contribution in [0, 0.1) is 0 Å². The number of ether oxygens (including phenoxy) is 1. The third kappa shape index (κ3) is 3.22. The first-order valence-electron chi connectivity index (χ1n) is 8.06. The van der Waals surface area contributed by atoms with Crippen molar-refractivity contribution in [3.8, 4) is 5.75 Å². The molecule has 2 N–H and O–H groups in total. The third-order valence-electron chi connectivity index (χ3n) is 4.16. The van der Waals surface area contributed by atoms with Crippen LogP contribution in [0.5, 0.6) is 5.75 Å². The molecule has 4 heteroatoms. The van der Waals surface area contributed by atoms with E-state index in [2.05, 4.69) is 29.8 Å². The van der Waals surface area contributed by atoms with E-state index in [-0.39, 0.29) is 5.92 Å². The van der Waals surface area contributed by atoms with Gasteiger partial charge in [-0.25, -0.2) is 4.98 Å². The molecular weight excluding hydrogens is 286 g/mol. The van der Waals surface area contributed by atoms with Gasteiger partial charge in [0.25, 0.3) is 0 Å². The SMILES string of the molecule is CCOc1cccc(CC(CN)c2nc3ccccc3n2C)c1. The minimum atomic E-state index is 0.185. The Balaban J connectivity index is 1.90. The van der Waals surface area contributed by atoms with E-state index in [9.17, 15) is 0 Å². The van der Waals surface area contributed by atoms with Gasteiger partial charge in [-0.05, 0) is 43.2 Å². The first-order valence-corrected chi connectivity index (χ1v) is 8.06. The van der Waals surface area contributed by atoms with E-state index in [1.807, 2.05) is 37.3 Å². The molecule has 0 radical (unpaired) electrons. The summed E-state index contributed by atoms with van der Waals surface area (Å²) in [6, 6.07) is 16.4. The standard InChI is InChI=1S/C19H23N3O/c1-3-23-16-8-6-7-14(12-16)11-15(13-20)19-21-17-9-4-5-10-18(17)22(19)2/h4-10,12,15H,3,11,13,20H2,1-2H3. The van der Waals surface area contributed by atoms with Gasteiger partial charge in [-0.2, -0.15) is 0 Å². The molecule has 4 nitrogen and oxygen atoms in total. The molecule has 0 bridgehead atoms. The first kappa shape index (κ1) is 15.6. The average molecular weight is 309 g/mol. The summed E-state index contributed by atoms with van der Waals surface area (Å²) in [7, 11) is 2.06. The zero-order chi connectivity index (χ0) is 16.2. The number of fused-ring (bicyclic) bond motifs is 1. The van der Waals surface area contributed by atoms with E-state index in [4.69, 9.17) is 15.5 Å². The molecule has 0 fully saturated rings. The van der Waals surface area contributed by atoms with Crippen LogP contribution in [-0.4, -0.2) is 22.7 Å². The number of hydrogen-bond donors (Lipinski definition) is 1. The molecule has 3 rings (SSSR count).